The van der Waals surface area contributed by atoms with Gasteiger partial charge in [0.2, 0.25) is 0 Å². The molecule has 6 nitrogen and oxygen atoms in total. The van der Waals surface area contributed by atoms with Crippen LogP contribution in [0.25, 0.3) is 0 Å². The van der Waals surface area contributed by atoms with Crippen LogP contribution in [0.5, 0.6) is 0 Å². The Hall–Kier alpha value is -4.45. The lowest BCUT2D eigenvalue weighted by Crippen LogP contribution is -2.30. The molecule has 442 valence electrons. The fourth-order valence-electron chi connectivity index (χ4n) is 8.57. The summed E-state index contributed by atoms with van der Waals surface area (Å²) in [6, 6.07) is 0. The number of allylic oxidation sites excluding steroid dienone is 22. The van der Waals surface area contributed by atoms with Crippen LogP contribution in [0.2, 0.25) is 0 Å². The van der Waals surface area contributed by atoms with E-state index in [0.717, 1.165) is 148 Å². The van der Waals surface area contributed by atoms with Gasteiger partial charge >= 0.3 is 17.9 Å². The molecule has 0 aliphatic rings. The largest absolute Gasteiger partial charge is 0.462 e. The SMILES string of the molecule is CC/C=C\C/C=C\C/C=C\C/C=C\C/C=C\C/C=C\C/C=C\C/C=C\C/C=C\C/C=C\CCCCCCC(=O)OCC(COC(=O)CCCCCCC/C=C\CCCC)OC(=O)CCCCCCCCCCCCCCCC. The van der Waals surface area contributed by atoms with Crippen LogP contribution in [0.4, 0.5) is 0 Å². The van der Waals surface area contributed by atoms with Crippen molar-refractivity contribution in [3.63, 3.8) is 0 Å². The molecule has 0 amide bonds. The van der Waals surface area contributed by atoms with Gasteiger partial charge in [-0.25, -0.2) is 0 Å². The van der Waals surface area contributed by atoms with Crippen molar-refractivity contribution in [1.29, 1.82) is 0 Å². The molecule has 6 heteroatoms. The predicted octanol–water partition coefficient (Wildman–Crippen LogP) is 22.2. The highest BCUT2D eigenvalue weighted by Crippen LogP contribution is 2.15. The van der Waals surface area contributed by atoms with Crippen molar-refractivity contribution in [2.45, 2.75) is 290 Å². The first-order chi connectivity index (χ1) is 38.5. The van der Waals surface area contributed by atoms with Gasteiger partial charge in [-0.1, -0.05) is 283 Å². The van der Waals surface area contributed by atoms with Gasteiger partial charge in [0.05, 0.1) is 0 Å². The third kappa shape index (κ3) is 62.4. The zero-order valence-corrected chi connectivity index (χ0v) is 50.6. The Morgan fingerprint density at radius 1 is 0.269 bits per heavy atom. The zero-order valence-electron chi connectivity index (χ0n) is 50.6. The van der Waals surface area contributed by atoms with Crippen LogP contribution >= 0.6 is 0 Å². The molecule has 0 bridgehead atoms. The van der Waals surface area contributed by atoms with Crippen LogP contribution in [0.1, 0.15) is 284 Å². The second kappa shape index (κ2) is 65.1. The van der Waals surface area contributed by atoms with Crippen LogP contribution in [0, 0.1) is 0 Å². The number of hydrogen-bond acceptors (Lipinski definition) is 6. The molecular formula is C72H118O6. The Kier molecular flexibility index (Phi) is 61.4. The van der Waals surface area contributed by atoms with Crippen molar-refractivity contribution >= 4 is 17.9 Å². The minimum atomic E-state index is -0.793. The summed E-state index contributed by atoms with van der Waals surface area (Å²) in [7, 11) is 0. The molecule has 1 unspecified atom stereocenters. The van der Waals surface area contributed by atoms with Crippen molar-refractivity contribution in [3.8, 4) is 0 Å². The Morgan fingerprint density at radius 2 is 0.513 bits per heavy atom. The molecule has 0 fully saturated rings. The highest BCUT2D eigenvalue weighted by atomic mass is 16.6. The molecule has 0 radical (unpaired) electrons. The van der Waals surface area contributed by atoms with E-state index in [2.05, 4.69) is 154 Å². The Labute approximate surface area is 481 Å². The van der Waals surface area contributed by atoms with Gasteiger partial charge in [0.25, 0.3) is 0 Å². The molecule has 0 rings (SSSR count). The minimum absolute atomic E-state index is 0.0908. The fraction of sp³-hybridized carbons (Fsp3) is 0.653. The van der Waals surface area contributed by atoms with Crippen molar-refractivity contribution in [2.24, 2.45) is 0 Å². The number of unbranched alkanes of at least 4 members (excludes halogenated alkanes) is 24. The highest BCUT2D eigenvalue weighted by molar-refractivity contribution is 5.71. The maximum Gasteiger partial charge on any atom is 0.306 e. The summed E-state index contributed by atoms with van der Waals surface area (Å²) < 4.78 is 16.8. The summed E-state index contributed by atoms with van der Waals surface area (Å²) in [5.41, 5.74) is 0. The van der Waals surface area contributed by atoms with Gasteiger partial charge in [0, 0.05) is 19.3 Å². The normalized spacial score (nSPS) is 13.0. The maximum atomic E-state index is 12.9. The molecule has 0 N–H and O–H groups in total. The molecular weight excluding hydrogens is 961 g/mol. The molecule has 0 aliphatic heterocycles. The predicted molar refractivity (Wildman–Crippen MR) is 339 cm³/mol. The second-order valence-electron chi connectivity index (χ2n) is 20.9. The van der Waals surface area contributed by atoms with Crippen LogP contribution in [-0.2, 0) is 28.6 Å². The third-order valence-electron chi connectivity index (χ3n) is 13.4. The van der Waals surface area contributed by atoms with E-state index in [0.29, 0.717) is 19.3 Å². The van der Waals surface area contributed by atoms with E-state index in [-0.39, 0.29) is 31.1 Å². The van der Waals surface area contributed by atoms with Crippen LogP contribution in [0.3, 0.4) is 0 Å². The lowest BCUT2D eigenvalue weighted by Gasteiger charge is -2.18. The Balaban J connectivity index is 4.27. The molecule has 1 atom stereocenters. The van der Waals surface area contributed by atoms with Gasteiger partial charge in [0.15, 0.2) is 6.10 Å². The summed E-state index contributed by atoms with van der Waals surface area (Å²) in [4.78, 5) is 38.2. The quantitative estimate of drug-likeness (QED) is 0.0261. The lowest BCUT2D eigenvalue weighted by atomic mass is 10.0. The van der Waals surface area contributed by atoms with Gasteiger partial charge < -0.3 is 14.2 Å². The van der Waals surface area contributed by atoms with Crippen LogP contribution in [-0.4, -0.2) is 37.2 Å². The van der Waals surface area contributed by atoms with E-state index < -0.39 is 6.10 Å². The average molecular weight is 1080 g/mol. The van der Waals surface area contributed by atoms with Gasteiger partial charge in [-0.15, -0.1) is 0 Å². The molecule has 0 saturated heterocycles. The van der Waals surface area contributed by atoms with Crippen molar-refractivity contribution < 1.29 is 28.6 Å². The lowest BCUT2D eigenvalue weighted by molar-refractivity contribution is -0.167. The van der Waals surface area contributed by atoms with Crippen LogP contribution in [0.15, 0.2) is 134 Å². The van der Waals surface area contributed by atoms with Gasteiger partial charge in [-0.05, 0) is 116 Å². The summed E-state index contributed by atoms with van der Waals surface area (Å²) in [6.07, 6.45) is 91.8. The molecule has 0 saturated carbocycles. The van der Waals surface area contributed by atoms with Gasteiger partial charge in [-0.3, -0.25) is 14.4 Å². The number of rotatable bonds is 57. The van der Waals surface area contributed by atoms with E-state index in [4.69, 9.17) is 14.2 Å². The standard InChI is InChI=1S/C72H118O6/c1-4-7-10-13-16-19-22-24-26-27-28-29-30-31-32-33-34-35-36-37-38-39-40-41-42-43-44-45-46-48-50-53-56-59-62-65-71(74)77-68-69(67-76-70(73)64-61-58-55-52-49-21-18-15-12-9-6-3)78-72(75)66-63-60-57-54-51-47-25-23-20-17-14-11-8-5-2/h7,10,15-16,18-19,24,26,28-29,31-32,34-35,37-38,40-41,43-44,46,48,69H,4-6,8-9,11-14,17,20-23,25,27,30,33,36,39,42,45,47,49-68H2,1-3H3/b10-7-,18-15-,19-16-,26-24-,29-28-,32-31-,35-34-,38-37-,41-40-,44-43-,48-46-. The maximum absolute atomic E-state index is 12.9. The fourth-order valence-corrected chi connectivity index (χ4v) is 8.57. The molecule has 78 heavy (non-hydrogen) atoms. The Morgan fingerprint density at radius 3 is 0.833 bits per heavy atom. The van der Waals surface area contributed by atoms with Gasteiger partial charge in [0.1, 0.15) is 13.2 Å². The number of hydrogen-bond donors (Lipinski definition) is 0. The van der Waals surface area contributed by atoms with Crippen LogP contribution < -0.4 is 0 Å². The Bertz CT molecular complexity index is 1670. The molecule has 0 aliphatic carbocycles. The monoisotopic (exact) mass is 1080 g/mol. The molecule has 0 spiro atoms. The minimum Gasteiger partial charge on any atom is -0.462 e. The first-order valence-corrected chi connectivity index (χ1v) is 32.2. The van der Waals surface area contributed by atoms with Gasteiger partial charge in [-0.2, -0.15) is 0 Å². The zero-order chi connectivity index (χ0) is 56.4. The van der Waals surface area contributed by atoms with Crippen molar-refractivity contribution in [1.82, 2.24) is 0 Å². The van der Waals surface area contributed by atoms with Crippen molar-refractivity contribution in [3.05, 3.63) is 134 Å². The molecule has 0 aromatic heterocycles. The van der Waals surface area contributed by atoms with E-state index in [1.54, 1.807) is 0 Å². The third-order valence-corrected chi connectivity index (χ3v) is 13.4. The highest BCUT2D eigenvalue weighted by Gasteiger charge is 2.19. The number of ether oxygens (including phenoxy) is 3. The molecule has 0 aromatic rings. The number of carbonyl (C=O) groups is 3. The molecule has 0 heterocycles. The summed E-state index contributed by atoms with van der Waals surface area (Å²) >= 11 is 0. The van der Waals surface area contributed by atoms with E-state index in [1.165, 1.54) is 96.3 Å². The first kappa shape index (κ1) is 73.5. The topological polar surface area (TPSA) is 78.9 Å². The summed E-state index contributed by atoms with van der Waals surface area (Å²) in [6.45, 7) is 6.46. The first-order valence-electron chi connectivity index (χ1n) is 32.2. The number of carbonyl (C=O) groups excluding carboxylic acids is 3. The smallest absolute Gasteiger partial charge is 0.306 e. The van der Waals surface area contributed by atoms with E-state index >= 15 is 0 Å². The summed E-state index contributed by atoms with van der Waals surface area (Å²) in [5.74, 6) is -0.923. The average Bonchev–Trinajstić information content (AvgIpc) is 3.44. The second-order valence-corrected chi connectivity index (χ2v) is 20.9. The summed E-state index contributed by atoms with van der Waals surface area (Å²) in [5, 5.41) is 0. The van der Waals surface area contributed by atoms with E-state index in [9.17, 15) is 14.4 Å². The van der Waals surface area contributed by atoms with E-state index in [1.807, 2.05) is 0 Å². The number of esters is 3. The van der Waals surface area contributed by atoms with Crippen molar-refractivity contribution in [2.75, 3.05) is 13.2 Å². The molecule has 0 aromatic carbocycles.